The summed E-state index contributed by atoms with van der Waals surface area (Å²) in [5, 5.41) is 0. The molecule has 0 aromatic rings. The van der Waals surface area contributed by atoms with E-state index < -0.39 is 0 Å². The Labute approximate surface area is 68.8 Å². The minimum Gasteiger partial charge on any atom is -0.377 e. The molecule has 0 spiro atoms. The molecule has 0 aliphatic heterocycles. The Kier molecular flexibility index (Phi) is 3.37. The molecule has 0 bridgehead atoms. The highest BCUT2D eigenvalue weighted by Crippen LogP contribution is 2.21. The average molecular weight is 152 g/mol. The quantitative estimate of drug-likeness (QED) is 0.601. The van der Waals surface area contributed by atoms with Crippen molar-refractivity contribution in [1.29, 1.82) is 0 Å². The topological polar surface area (TPSA) is 9.23 Å². The smallest absolute Gasteiger partial charge is 0.0716 e. The normalized spacial score (nSPS) is 16.5. The number of ether oxygens (including phenoxy) is 1. The van der Waals surface area contributed by atoms with Crippen molar-refractivity contribution < 1.29 is 4.74 Å². The van der Waals surface area contributed by atoms with Crippen LogP contribution in [0.15, 0.2) is 23.3 Å². The highest BCUT2D eigenvalue weighted by atomic mass is 16.5. The van der Waals surface area contributed by atoms with Gasteiger partial charge in [-0.25, -0.2) is 0 Å². The van der Waals surface area contributed by atoms with Crippen LogP contribution in [-0.4, -0.2) is 13.2 Å². The highest BCUT2D eigenvalue weighted by Gasteiger charge is 2.05. The number of hydrogen-bond donors (Lipinski definition) is 0. The fourth-order valence-electron chi connectivity index (χ4n) is 1.33. The van der Waals surface area contributed by atoms with Gasteiger partial charge in [0.05, 0.1) is 6.61 Å². The first kappa shape index (κ1) is 8.54. The van der Waals surface area contributed by atoms with Crippen LogP contribution in [0.4, 0.5) is 0 Å². The highest BCUT2D eigenvalue weighted by molar-refractivity contribution is 5.33. The summed E-state index contributed by atoms with van der Waals surface area (Å²) in [6, 6.07) is 0. The van der Waals surface area contributed by atoms with Crippen LogP contribution in [0, 0.1) is 0 Å². The van der Waals surface area contributed by atoms with Crippen LogP contribution in [0.1, 0.15) is 26.7 Å². The fourth-order valence-corrected chi connectivity index (χ4v) is 1.33. The SMILES string of the molecule is CCOCC1=C(CC)CC=C1. The maximum atomic E-state index is 5.34. The van der Waals surface area contributed by atoms with E-state index in [9.17, 15) is 0 Å². The van der Waals surface area contributed by atoms with E-state index in [1.165, 1.54) is 5.57 Å². The molecule has 0 saturated carbocycles. The molecule has 0 N–H and O–H groups in total. The van der Waals surface area contributed by atoms with Gasteiger partial charge in [0.2, 0.25) is 0 Å². The lowest BCUT2D eigenvalue weighted by Gasteiger charge is -2.03. The predicted octanol–water partition coefficient (Wildman–Crippen LogP) is 2.69. The maximum absolute atomic E-state index is 5.34. The number of allylic oxidation sites excluding steroid dienone is 2. The molecular weight excluding hydrogens is 136 g/mol. The van der Waals surface area contributed by atoms with Crippen LogP contribution in [0.25, 0.3) is 0 Å². The van der Waals surface area contributed by atoms with Gasteiger partial charge in [-0.3, -0.25) is 0 Å². The van der Waals surface area contributed by atoms with Crippen molar-refractivity contribution in [3.63, 3.8) is 0 Å². The molecule has 1 heteroatoms. The summed E-state index contributed by atoms with van der Waals surface area (Å²) in [6.45, 7) is 5.85. The van der Waals surface area contributed by atoms with E-state index in [0.717, 1.165) is 26.1 Å². The Morgan fingerprint density at radius 3 is 2.91 bits per heavy atom. The van der Waals surface area contributed by atoms with Gasteiger partial charge in [0.15, 0.2) is 0 Å². The lowest BCUT2D eigenvalue weighted by atomic mass is 10.1. The minimum absolute atomic E-state index is 0.802. The summed E-state index contributed by atoms with van der Waals surface area (Å²) in [6.07, 6.45) is 6.70. The molecular formula is C10H16O. The summed E-state index contributed by atoms with van der Waals surface area (Å²) in [7, 11) is 0. The van der Waals surface area contributed by atoms with Gasteiger partial charge >= 0.3 is 0 Å². The molecule has 1 rings (SSSR count). The molecule has 0 amide bonds. The molecule has 0 aromatic heterocycles. The Hall–Kier alpha value is -0.560. The number of hydrogen-bond acceptors (Lipinski definition) is 1. The van der Waals surface area contributed by atoms with Crippen LogP contribution in [0.3, 0.4) is 0 Å². The fraction of sp³-hybridized carbons (Fsp3) is 0.600. The molecule has 62 valence electrons. The van der Waals surface area contributed by atoms with Gasteiger partial charge in [0, 0.05) is 6.61 Å². The lowest BCUT2D eigenvalue weighted by molar-refractivity contribution is 0.172. The monoisotopic (exact) mass is 152 g/mol. The van der Waals surface area contributed by atoms with Crippen molar-refractivity contribution in [3.05, 3.63) is 23.3 Å². The standard InChI is InChI=1S/C10H16O/c1-3-9-6-5-7-10(9)8-11-4-2/h5,7H,3-4,6,8H2,1-2H3. The zero-order valence-corrected chi connectivity index (χ0v) is 7.39. The van der Waals surface area contributed by atoms with Gasteiger partial charge < -0.3 is 4.74 Å². The minimum atomic E-state index is 0.802. The average Bonchev–Trinajstić information content (AvgIpc) is 2.47. The van der Waals surface area contributed by atoms with Crippen LogP contribution in [0.2, 0.25) is 0 Å². The Morgan fingerprint density at radius 1 is 1.45 bits per heavy atom. The third kappa shape index (κ3) is 2.19. The van der Waals surface area contributed by atoms with Gasteiger partial charge in [-0.05, 0) is 25.3 Å². The molecule has 0 aromatic carbocycles. The van der Waals surface area contributed by atoms with Crippen molar-refractivity contribution in [1.82, 2.24) is 0 Å². The van der Waals surface area contributed by atoms with Gasteiger partial charge in [-0.15, -0.1) is 0 Å². The first-order valence-electron chi connectivity index (χ1n) is 4.33. The first-order valence-corrected chi connectivity index (χ1v) is 4.33. The van der Waals surface area contributed by atoms with E-state index in [1.807, 2.05) is 6.92 Å². The van der Waals surface area contributed by atoms with Crippen molar-refractivity contribution in [3.8, 4) is 0 Å². The van der Waals surface area contributed by atoms with Gasteiger partial charge in [0.25, 0.3) is 0 Å². The van der Waals surface area contributed by atoms with Gasteiger partial charge in [0.1, 0.15) is 0 Å². The maximum Gasteiger partial charge on any atom is 0.0716 e. The Balaban J connectivity index is 2.45. The molecule has 1 nitrogen and oxygen atoms in total. The van der Waals surface area contributed by atoms with Crippen molar-refractivity contribution in [2.24, 2.45) is 0 Å². The van der Waals surface area contributed by atoms with E-state index >= 15 is 0 Å². The van der Waals surface area contributed by atoms with Crippen molar-refractivity contribution in [2.75, 3.05) is 13.2 Å². The van der Waals surface area contributed by atoms with Crippen molar-refractivity contribution >= 4 is 0 Å². The van der Waals surface area contributed by atoms with Crippen LogP contribution >= 0.6 is 0 Å². The van der Waals surface area contributed by atoms with Crippen LogP contribution < -0.4 is 0 Å². The van der Waals surface area contributed by atoms with Crippen LogP contribution in [0.5, 0.6) is 0 Å². The summed E-state index contributed by atoms with van der Waals surface area (Å²) >= 11 is 0. The van der Waals surface area contributed by atoms with E-state index in [-0.39, 0.29) is 0 Å². The molecule has 0 fully saturated rings. The molecule has 0 radical (unpaired) electrons. The predicted molar refractivity (Wildman–Crippen MR) is 47.6 cm³/mol. The summed E-state index contributed by atoms with van der Waals surface area (Å²) in [4.78, 5) is 0. The Morgan fingerprint density at radius 2 is 2.27 bits per heavy atom. The summed E-state index contributed by atoms with van der Waals surface area (Å²) in [5.74, 6) is 0. The second-order valence-electron chi connectivity index (χ2n) is 2.73. The second kappa shape index (κ2) is 4.35. The van der Waals surface area contributed by atoms with E-state index in [0.29, 0.717) is 0 Å². The van der Waals surface area contributed by atoms with Crippen LogP contribution in [-0.2, 0) is 4.74 Å². The summed E-state index contributed by atoms with van der Waals surface area (Å²) in [5.41, 5.74) is 2.94. The zero-order valence-electron chi connectivity index (χ0n) is 7.39. The third-order valence-corrected chi connectivity index (χ3v) is 2.03. The van der Waals surface area contributed by atoms with E-state index in [1.54, 1.807) is 5.57 Å². The van der Waals surface area contributed by atoms with Gasteiger partial charge in [-0.1, -0.05) is 24.6 Å². The molecule has 0 saturated heterocycles. The lowest BCUT2D eigenvalue weighted by Crippen LogP contribution is -1.96. The Bertz CT molecular complexity index is 177. The molecule has 0 unspecified atom stereocenters. The summed E-state index contributed by atoms with van der Waals surface area (Å²) < 4.78 is 5.34. The molecule has 0 atom stereocenters. The van der Waals surface area contributed by atoms with E-state index in [2.05, 4.69) is 19.1 Å². The number of rotatable bonds is 4. The second-order valence-corrected chi connectivity index (χ2v) is 2.73. The van der Waals surface area contributed by atoms with Crippen molar-refractivity contribution in [2.45, 2.75) is 26.7 Å². The molecule has 1 aliphatic rings. The molecule has 0 heterocycles. The molecule has 11 heavy (non-hydrogen) atoms. The molecule has 1 aliphatic carbocycles. The first-order chi connectivity index (χ1) is 5.38. The largest absolute Gasteiger partial charge is 0.377 e. The zero-order chi connectivity index (χ0) is 8.10. The third-order valence-electron chi connectivity index (χ3n) is 2.03. The van der Waals surface area contributed by atoms with E-state index in [4.69, 9.17) is 4.74 Å². The van der Waals surface area contributed by atoms with Gasteiger partial charge in [-0.2, -0.15) is 0 Å².